The van der Waals surface area contributed by atoms with Crippen LogP contribution in [0.2, 0.25) is 0 Å². The highest BCUT2D eigenvalue weighted by molar-refractivity contribution is 7.89. The van der Waals surface area contributed by atoms with Gasteiger partial charge in [0.1, 0.15) is 11.6 Å². The van der Waals surface area contributed by atoms with Crippen molar-refractivity contribution in [3.8, 4) is 0 Å². The predicted molar refractivity (Wildman–Crippen MR) is 91.2 cm³/mol. The van der Waals surface area contributed by atoms with Crippen molar-refractivity contribution in [2.75, 3.05) is 18.8 Å². The van der Waals surface area contributed by atoms with E-state index >= 15 is 0 Å². The smallest absolute Gasteiger partial charge is 0.222 e. The lowest BCUT2D eigenvalue weighted by atomic mass is 9.91. The summed E-state index contributed by atoms with van der Waals surface area (Å²) in [6.45, 7) is 1.18. The first-order chi connectivity index (χ1) is 11.8. The van der Waals surface area contributed by atoms with Gasteiger partial charge in [-0.25, -0.2) is 22.3 Å². The maximum atomic E-state index is 13.7. The molecule has 1 aromatic rings. The van der Waals surface area contributed by atoms with E-state index in [1.807, 2.05) is 0 Å². The molecule has 0 aromatic heterocycles. The Bertz CT molecular complexity index is 690. The molecule has 0 aliphatic carbocycles. The molecule has 1 aromatic carbocycles. The zero-order chi connectivity index (χ0) is 18.4. The monoisotopic (exact) mass is 374 g/mol. The number of piperidine rings is 1. The molecule has 0 spiro atoms. The average Bonchev–Trinajstić information content (AvgIpc) is 2.53. The molecule has 1 aliphatic heterocycles. The van der Waals surface area contributed by atoms with Gasteiger partial charge < -0.3 is 4.90 Å². The lowest BCUT2D eigenvalue weighted by molar-refractivity contribution is -0.133. The standard InChI is InChI=1S/C17H24F2N2O3S/c18-15-5-1-6-16(19)14(15)9-8-13-4-2-10-21(12-13)17(22)7-3-11-25(20,23)24/h1,5-6,13H,2-4,7-12H2,(H2,20,23,24)/t13-/m1/s1. The summed E-state index contributed by atoms with van der Waals surface area (Å²) in [6, 6.07) is 3.85. The molecule has 2 N–H and O–H groups in total. The van der Waals surface area contributed by atoms with Crippen molar-refractivity contribution >= 4 is 15.9 Å². The van der Waals surface area contributed by atoms with Crippen molar-refractivity contribution in [3.63, 3.8) is 0 Å². The van der Waals surface area contributed by atoms with Crippen LogP contribution in [0.1, 0.15) is 37.7 Å². The summed E-state index contributed by atoms with van der Waals surface area (Å²) in [4.78, 5) is 13.9. The first kappa shape index (κ1) is 19.8. The fraction of sp³-hybridized carbons (Fsp3) is 0.588. The number of sulfonamides is 1. The van der Waals surface area contributed by atoms with Gasteiger partial charge in [-0.3, -0.25) is 4.79 Å². The van der Waals surface area contributed by atoms with Crippen molar-refractivity contribution in [3.05, 3.63) is 35.4 Å². The average molecular weight is 374 g/mol. The van der Waals surface area contributed by atoms with Gasteiger partial charge in [0.25, 0.3) is 0 Å². The Morgan fingerprint density at radius 1 is 1.28 bits per heavy atom. The van der Waals surface area contributed by atoms with Crippen molar-refractivity contribution in [1.29, 1.82) is 0 Å². The molecule has 0 unspecified atom stereocenters. The number of nitrogens with two attached hydrogens (primary N) is 1. The highest BCUT2D eigenvalue weighted by Gasteiger charge is 2.24. The minimum Gasteiger partial charge on any atom is -0.342 e. The second-order valence-corrected chi connectivity index (χ2v) is 8.29. The maximum absolute atomic E-state index is 13.7. The molecule has 0 radical (unpaired) electrons. The number of rotatable bonds is 7. The molecular formula is C17H24F2N2O3S. The molecular weight excluding hydrogens is 350 g/mol. The number of hydrogen-bond donors (Lipinski definition) is 1. The van der Waals surface area contributed by atoms with Gasteiger partial charge in [0.15, 0.2) is 0 Å². The van der Waals surface area contributed by atoms with E-state index in [2.05, 4.69) is 0 Å². The van der Waals surface area contributed by atoms with Gasteiger partial charge in [-0.1, -0.05) is 6.07 Å². The number of hydrogen-bond acceptors (Lipinski definition) is 3. The first-order valence-corrected chi connectivity index (χ1v) is 10.2. The lowest BCUT2D eigenvalue weighted by Gasteiger charge is -2.33. The lowest BCUT2D eigenvalue weighted by Crippen LogP contribution is -2.40. The molecule has 1 heterocycles. The van der Waals surface area contributed by atoms with E-state index in [9.17, 15) is 22.0 Å². The van der Waals surface area contributed by atoms with E-state index in [-0.39, 0.29) is 36.0 Å². The Hall–Kier alpha value is -1.54. The van der Waals surface area contributed by atoms with Crippen LogP contribution in [0.15, 0.2) is 18.2 Å². The third-order valence-corrected chi connectivity index (χ3v) is 5.41. The van der Waals surface area contributed by atoms with E-state index in [1.165, 1.54) is 18.2 Å². The number of carbonyl (C=O) groups excluding carboxylic acids is 1. The largest absolute Gasteiger partial charge is 0.342 e. The highest BCUT2D eigenvalue weighted by Crippen LogP contribution is 2.24. The molecule has 5 nitrogen and oxygen atoms in total. The second-order valence-electron chi connectivity index (χ2n) is 6.56. The zero-order valence-electron chi connectivity index (χ0n) is 14.1. The molecule has 1 aliphatic rings. The van der Waals surface area contributed by atoms with Crippen LogP contribution in [-0.4, -0.2) is 38.1 Å². The molecule has 2 rings (SSSR count). The number of nitrogens with zero attached hydrogens (tertiary/aromatic N) is 1. The summed E-state index contributed by atoms with van der Waals surface area (Å²) < 4.78 is 49.2. The highest BCUT2D eigenvalue weighted by atomic mass is 32.2. The molecule has 8 heteroatoms. The number of halogens is 2. The van der Waals surface area contributed by atoms with Gasteiger partial charge in [-0.2, -0.15) is 0 Å². The minimum atomic E-state index is -3.55. The van der Waals surface area contributed by atoms with Crippen LogP contribution in [0.4, 0.5) is 8.78 Å². The van der Waals surface area contributed by atoms with E-state index in [1.54, 1.807) is 4.90 Å². The van der Waals surface area contributed by atoms with E-state index in [0.29, 0.717) is 25.9 Å². The SMILES string of the molecule is NS(=O)(=O)CCCC(=O)N1CCC[C@H](CCc2c(F)cccc2F)C1. The summed E-state index contributed by atoms with van der Waals surface area (Å²) in [6.07, 6.45) is 3.02. The van der Waals surface area contributed by atoms with Crippen molar-refractivity contribution < 1.29 is 22.0 Å². The van der Waals surface area contributed by atoms with Crippen LogP contribution in [-0.2, 0) is 21.2 Å². The molecule has 1 fully saturated rings. The van der Waals surface area contributed by atoms with Crippen LogP contribution in [0, 0.1) is 17.6 Å². The van der Waals surface area contributed by atoms with Gasteiger partial charge >= 0.3 is 0 Å². The summed E-state index contributed by atoms with van der Waals surface area (Å²) in [5.41, 5.74) is 0.0964. The van der Waals surface area contributed by atoms with Crippen molar-refractivity contribution in [1.82, 2.24) is 4.90 Å². The molecule has 0 saturated carbocycles. The third kappa shape index (κ3) is 6.36. The van der Waals surface area contributed by atoms with Gasteiger partial charge in [0, 0.05) is 25.1 Å². The number of primary sulfonamides is 1. The molecule has 1 amide bonds. The van der Waals surface area contributed by atoms with Gasteiger partial charge in [-0.05, 0) is 50.2 Å². The fourth-order valence-corrected chi connectivity index (χ4v) is 3.78. The molecule has 1 saturated heterocycles. The maximum Gasteiger partial charge on any atom is 0.222 e. The van der Waals surface area contributed by atoms with Gasteiger partial charge in [0.05, 0.1) is 5.75 Å². The molecule has 1 atom stereocenters. The minimum absolute atomic E-state index is 0.0922. The Kier molecular flexibility index (Phi) is 6.89. The van der Waals surface area contributed by atoms with Gasteiger partial charge in [-0.15, -0.1) is 0 Å². The van der Waals surface area contributed by atoms with Crippen LogP contribution in [0.5, 0.6) is 0 Å². The van der Waals surface area contributed by atoms with Crippen LogP contribution in [0.25, 0.3) is 0 Å². The summed E-state index contributed by atoms with van der Waals surface area (Å²) in [7, 11) is -3.55. The topological polar surface area (TPSA) is 80.5 Å². The Morgan fingerprint density at radius 2 is 1.96 bits per heavy atom. The quantitative estimate of drug-likeness (QED) is 0.794. The predicted octanol–water partition coefficient (Wildman–Crippen LogP) is 2.20. The third-order valence-electron chi connectivity index (χ3n) is 4.56. The van der Waals surface area contributed by atoms with Crippen LogP contribution >= 0.6 is 0 Å². The number of amides is 1. The second kappa shape index (κ2) is 8.71. The Morgan fingerprint density at radius 3 is 2.60 bits per heavy atom. The Balaban J connectivity index is 1.83. The molecule has 140 valence electrons. The summed E-state index contributed by atoms with van der Waals surface area (Å²) >= 11 is 0. The number of carbonyl (C=O) groups is 1. The van der Waals surface area contributed by atoms with Crippen LogP contribution < -0.4 is 5.14 Å². The Labute approximate surface area is 147 Å². The molecule has 0 bridgehead atoms. The van der Waals surface area contributed by atoms with Crippen molar-refractivity contribution in [2.45, 2.75) is 38.5 Å². The normalized spacial score (nSPS) is 18.4. The van der Waals surface area contributed by atoms with E-state index in [0.717, 1.165) is 12.8 Å². The van der Waals surface area contributed by atoms with Crippen LogP contribution in [0.3, 0.4) is 0 Å². The number of benzene rings is 1. The van der Waals surface area contributed by atoms with E-state index in [4.69, 9.17) is 5.14 Å². The van der Waals surface area contributed by atoms with Crippen molar-refractivity contribution in [2.24, 2.45) is 11.1 Å². The van der Waals surface area contributed by atoms with E-state index < -0.39 is 21.7 Å². The fourth-order valence-electron chi connectivity index (χ4n) is 3.23. The van der Waals surface area contributed by atoms with Gasteiger partial charge in [0.2, 0.25) is 15.9 Å². The number of likely N-dealkylation sites (tertiary alicyclic amines) is 1. The summed E-state index contributed by atoms with van der Waals surface area (Å²) in [5, 5.41) is 4.93. The summed E-state index contributed by atoms with van der Waals surface area (Å²) in [5.74, 6) is -1.18. The molecule has 25 heavy (non-hydrogen) atoms. The first-order valence-electron chi connectivity index (χ1n) is 8.47. The zero-order valence-corrected chi connectivity index (χ0v) is 14.9.